The fraction of sp³-hybridized carbons (Fsp3) is 0.364. The molecule has 0 N–H and O–H groups in total. The van der Waals surface area contributed by atoms with Crippen LogP contribution >= 0.6 is 11.8 Å². The molecule has 0 unspecified atom stereocenters. The predicted molar refractivity (Wildman–Crippen MR) is 61.2 cm³/mol. The first-order chi connectivity index (χ1) is 7.38. The van der Waals surface area contributed by atoms with Gasteiger partial charge in [0.2, 0.25) is 0 Å². The summed E-state index contributed by atoms with van der Waals surface area (Å²) >= 11 is 1.25. The highest BCUT2D eigenvalue weighted by atomic mass is 32.2. The number of thiocyanates is 1. The number of hydrogen-bond donors (Lipinski definition) is 0. The van der Waals surface area contributed by atoms with Gasteiger partial charge < -0.3 is 9.47 Å². The number of nitrogens with zero attached hydrogens (tertiary/aromatic N) is 1. The van der Waals surface area contributed by atoms with Crippen molar-refractivity contribution >= 4 is 11.8 Å². The summed E-state index contributed by atoms with van der Waals surface area (Å²) in [6.45, 7) is 0.606. The van der Waals surface area contributed by atoms with Crippen molar-refractivity contribution in [1.82, 2.24) is 0 Å². The molecule has 0 spiro atoms. The number of thioether (sulfide) groups is 1. The highest BCUT2D eigenvalue weighted by Gasteiger charge is 2.01. The normalized spacial score (nSPS) is 9.33. The van der Waals surface area contributed by atoms with E-state index in [1.165, 1.54) is 11.8 Å². The van der Waals surface area contributed by atoms with Crippen LogP contribution in [0.3, 0.4) is 0 Å². The Hall–Kier alpha value is -1.34. The van der Waals surface area contributed by atoms with Crippen molar-refractivity contribution in [1.29, 1.82) is 5.26 Å². The fourth-order valence-electron chi connectivity index (χ4n) is 1.10. The van der Waals surface area contributed by atoms with Crippen LogP contribution in [0.2, 0.25) is 0 Å². The van der Waals surface area contributed by atoms with E-state index < -0.39 is 0 Å². The number of rotatable bonds is 6. The smallest absolute Gasteiger partial charge is 0.161 e. The van der Waals surface area contributed by atoms with Gasteiger partial charge in [-0.25, -0.2) is 0 Å². The van der Waals surface area contributed by atoms with E-state index in [0.717, 1.165) is 23.7 Å². The van der Waals surface area contributed by atoms with Crippen molar-refractivity contribution in [2.24, 2.45) is 0 Å². The van der Waals surface area contributed by atoms with Crippen LogP contribution in [-0.4, -0.2) is 19.5 Å². The van der Waals surface area contributed by atoms with E-state index in [1.54, 1.807) is 7.11 Å². The van der Waals surface area contributed by atoms with E-state index in [0.29, 0.717) is 6.61 Å². The van der Waals surface area contributed by atoms with E-state index in [9.17, 15) is 0 Å². The Morgan fingerprint density at radius 3 is 2.73 bits per heavy atom. The molecule has 0 radical (unpaired) electrons. The first-order valence-corrected chi connectivity index (χ1v) is 5.63. The Bertz CT molecular complexity index is 336. The Labute approximate surface area is 94.0 Å². The third-order valence-electron chi connectivity index (χ3n) is 1.78. The zero-order valence-corrected chi connectivity index (χ0v) is 9.42. The summed E-state index contributed by atoms with van der Waals surface area (Å²) < 4.78 is 10.7. The van der Waals surface area contributed by atoms with Gasteiger partial charge in [0.15, 0.2) is 11.5 Å². The molecule has 0 saturated carbocycles. The van der Waals surface area contributed by atoms with Gasteiger partial charge in [-0.15, -0.1) is 0 Å². The molecule has 1 aromatic carbocycles. The first-order valence-electron chi connectivity index (χ1n) is 4.65. The molecule has 0 atom stereocenters. The van der Waals surface area contributed by atoms with Gasteiger partial charge in [-0.2, -0.15) is 5.26 Å². The van der Waals surface area contributed by atoms with Crippen molar-refractivity contribution in [2.75, 3.05) is 19.5 Å². The van der Waals surface area contributed by atoms with Gasteiger partial charge in [0.25, 0.3) is 0 Å². The largest absolute Gasteiger partial charge is 0.493 e. The van der Waals surface area contributed by atoms with E-state index in [4.69, 9.17) is 14.7 Å². The molecule has 0 aliphatic heterocycles. The van der Waals surface area contributed by atoms with E-state index in [-0.39, 0.29) is 0 Å². The minimum Gasteiger partial charge on any atom is -0.493 e. The van der Waals surface area contributed by atoms with Crippen LogP contribution in [0.4, 0.5) is 0 Å². The van der Waals surface area contributed by atoms with Gasteiger partial charge in [-0.3, -0.25) is 0 Å². The maximum Gasteiger partial charge on any atom is 0.161 e. The van der Waals surface area contributed by atoms with Gasteiger partial charge >= 0.3 is 0 Å². The van der Waals surface area contributed by atoms with Crippen molar-refractivity contribution in [3.05, 3.63) is 24.3 Å². The minimum atomic E-state index is 0.606. The average molecular weight is 223 g/mol. The second kappa shape index (κ2) is 7.02. The van der Waals surface area contributed by atoms with Gasteiger partial charge in [-0.05, 0) is 30.3 Å². The number of benzene rings is 1. The number of para-hydroxylation sites is 2. The lowest BCUT2D eigenvalue weighted by molar-refractivity contribution is 0.295. The summed E-state index contributed by atoms with van der Waals surface area (Å²) in [4.78, 5) is 0. The summed E-state index contributed by atoms with van der Waals surface area (Å²) in [6, 6.07) is 7.54. The van der Waals surface area contributed by atoms with Crippen LogP contribution in [0.25, 0.3) is 0 Å². The molecule has 0 heterocycles. The topological polar surface area (TPSA) is 42.2 Å². The Morgan fingerprint density at radius 1 is 1.33 bits per heavy atom. The Balaban J connectivity index is 2.34. The van der Waals surface area contributed by atoms with Gasteiger partial charge in [0.05, 0.1) is 13.7 Å². The Morgan fingerprint density at radius 2 is 2.07 bits per heavy atom. The van der Waals surface area contributed by atoms with Crippen LogP contribution in [0.1, 0.15) is 6.42 Å². The van der Waals surface area contributed by atoms with E-state index in [1.807, 2.05) is 29.7 Å². The molecule has 3 nitrogen and oxygen atoms in total. The lowest BCUT2D eigenvalue weighted by Gasteiger charge is -2.09. The molecule has 80 valence electrons. The number of ether oxygens (including phenoxy) is 2. The van der Waals surface area contributed by atoms with Gasteiger partial charge in [0.1, 0.15) is 5.40 Å². The minimum absolute atomic E-state index is 0.606. The van der Waals surface area contributed by atoms with Crippen molar-refractivity contribution in [3.63, 3.8) is 0 Å². The van der Waals surface area contributed by atoms with E-state index >= 15 is 0 Å². The average Bonchev–Trinajstić information content (AvgIpc) is 2.29. The molecule has 0 saturated heterocycles. The van der Waals surface area contributed by atoms with Gasteiger partial charge in [-0.1, -0.05) is 12.1 Å². The van der Waals surface area contributed by atoms with Crippen LogP contribution in [0.15, 0.2) is 24.3 Å². The SMILES string of the molecule is COc1ccccc1OCCCSC#N. The highest BCUT2D eigenvalue weighted by molar-refractivity contribution is 8.03. The fourth-order valence-corrected chi connectivity index (χ4v) is 1.45. The maximum atomic E-state index is 8.32. The van der Waals surface area contributed by atoms with Crippen molar-refractivity contribution < 1.29 is 9.47 Å². The summed E-state index contributed by atoms with van der Waals surface area (Å²) in [5, 5.41) is 10.3. The molecule has 1 rings (SSSR count). The third kappa shape index (κ3) is 4.13. The van der Waals surface area contributed by atoms with Crippen LogP contribution in [0, 0.1) is 10.7 Å². The molecular formula is C11H13NO2S. The van der Waals surface area contributed by atoms with Crippen LogP contribution in [0.5, 0.6) is 11.5 Å². The molecule has 1 aromatic rings. The second-order valence-corrected chi connectivity index (χ2v) is 3.67. The predicted octanol–water partition coefficient (Wildman–Crippen LogP) is 2.68. The zero-order valence-electron chi connectivity index (χ0n) is 8.60. The summed E-state index contributed by atoms with van der Waals surface area (Å²) in [7, 11) is 1.62. The maximum absolute atomic E-state index is 8.32. The molecule has 0 aromatic heterocycles. The summed E-state index contributed by atoms with van der Waals surface area (Å²) in [6.07, 6.45) is 0.857. The summed E-state index contributed by atoms with van der Waals surface area (Å²) in [5.74, 6) is 2.29. The van der Waals surface area contributed by atoms with E-state index in [2.05, 4.69) is 0 Å². The first kappa shape index (κ1) is 11.7. The van der Waals surface area contributed by atoms with Crippen LogP contribution in [-0.2, 0) is 0 Å². The lowest BCUT2D eigenvalue weighted by Crippen LogP contribution is -1.99. The number of methoxy groups -OCH3 is 1. The lowest BCUT2D eigenvalue weighted by atomic mass is 10.3. The number of nitriles is 1. The monoisotopic (exact) mass is 223 g/mol. The van der Waals surface area contributed by atoms with Crippen LogP contribution < -0.4 is 9.47 Å². The molecule has 0 aliphatic rings. The molecule has 0 fully saturated rings. The quantitative estimate of drug-likeness (QED) is 0.549. The Kier molecular flexibility index (Phi) is 5.49. The molecule has 0 amide bonds. The summed E-state index contributed by atoms with van der Waals surface area (Å²) in [5.41, 5.74) is 0. The third-order valence-corrected chi connectivity index (χ3v) is 2.40. The molecule has 15 heavy (non-hydrogen) atoms. The number of hydrogen-bond acceptors (Lipinski definition) is 4. The standard InChI is InChI=1S/C11H13NO2S/c1-13-10-5-2-3-6-11(10)14-7-4-8-15-9-12/h2-3,5-6H,4,7-8H2,1H3. The molecular weight excluding hydrogens is 210 g/mol. The zero-order chi connectivity index (χ0) is 10.9. The highest BCUT2D eigenvalue weighted by Crippen LogP contribution is 2.25. The molecule has 0 bridgehead atoms. The van der Waals surface area contributed by atoms with Crippen molar-refractivity contribution in [2.45, 2.75) is 6.42 Å². The molecule has 4 heteroatoms. The molecule has 0 aliphatic carbocycles. The second-order valence-electron chi connectivity index (χ2n) is 2.79. The van der Waals surface area contributed by atoms with Crippen molar-refractivity contribution in [3.8, 4) is 16.9 Å². The van der Waals surface area contributed by atoms with Gasteiger partial charge in [0, 0.05) is 5.75 Å².